The van der Waals surface area contributed by atoms with Crippen molar-refractivity contribution < 1.29 is 19.4 Å². The average Bonchev–Trinajstić information content (AvgIpc) is 2.70. The lowest BCUT2D eigenvalue weighted by Crippen LogP contribution is -2.37. The minimum absolute atomic E-state index is 0. The van der Waals surface area contributed by atoms with E-state index in [9.17, 15) is 9.90 Å². The molecule has 0 saturated carbocycles. The number of carbonyl (C=O) groups excluding carboxylic acids is 1. The summed E-state index contributed by atoms with van der Waals surface area (Å²) in [7, 11) is 0. The van der Waals surface area contributed by atoms with Gasteiger partial charge in [-0.1, -0.05) is 29.8 Å². The van der Waals surface area contributed by atoms with Crippen LogP contribution in [-0.4, -0.2) is 36.9 Å². The molecule has 29 heavy (non-hydrogen) atoms. The summed E-state index contributed by atoms with van der Waals surface area (Å²) in [5.74, 6) is 0.307. The Morgan fingerprint density at radius 2 is 2.10 bits per heavy atom. The molecule has 0 aromatic heterocycles. The van der Waals surface area contributed by atoms with Crippen molar-refractivity contribution in [3.05, 3.63) is 64.2 Å². The van der Waals surface area contributed by atoms with Crippen LogP contribution in [0.25, 0.3) is 0 Å². The van der Waals surface area contributed by atoms with E-state index in [4.69, 9.17) is 21.1 Å². The number of aliphatic hydroxyl groups is 1. The molecule has 2 aromatic rings. The van der Waals surface area contributed by atoms with E-state index >= 15 is 0 Å². The van der Waals surface area contributed by atoms with E-state index in [1.165, 1.54) is 11.1 Å². The lowest BCUT2D eigenvalue weighted by atomic mass is 9.88. The zero-order valence-corrected chi connectivity index (χ0v) is 18.0. The van der Waals surface area contributed by atoms with Crippen LogP contribution in [0.2, 0.25) is 5.02 Å². The molecular formula is C22H27Cl2NO4. The number of rotatable bonds is 8. The lowest BCUT2D eigenvalue weighted by molar-refractivity contribution is -0.145. The second-order valence-corrected chi connectivity index (χ2v) is 7.38. The summed E-state index contributed by atoms with van der Waals surface area (Å²) in [5.41, 5.74) is 3.32. The Morgan fingerprint density at radius 1 is 1.28 bits per heavy atom. The Morgan fingerprint density at radius 3 is 2.86 bits per heavy atom. The molecule has 0 fully saturated rings. The highest BCUT2D eigenvalue weighted by atomic mass is 35.5. The quantitative estimate of drug-likeness (QED) is 0.610. The number of fused-ring (bicyclic) bond motifs is 1. The van der Waals surface area contributed by atoms with Crippen molar-refractivity contribution in [1.82, 2.24) is 5.32 Å². The lowest BCUT2D eigenvalue weighted by Gasteiger charge is -2.27. The van der Waals surface area contributed by atoms with Crippen molar-refractivity contribution >= 4 is 30.0 Å². The van der Waals surface area contributed by atoms with Crippen LogP contribution in [-0.2, 0) is 22.4 Å². The average molecular weight is 440 g/mol. The number of aryl methyl sites for hydroxylation is 1. The van der Waals surface area contributed by atoms with Gasteiger partial charge in [-0.05, 0) is 67.1 Å². The fourth-order valence-corrected chi connectivity index (χ4v) is 3.65. The molecule has 0 heterocycles. The Kier molecular flexibility index (Phi) is 9.24. The molecule has 0 unspecified atom stereocenters. The van der Waals surface area contributed by atoms with Crippen LogP contribution < -0.4 is 10.1 Å². The number of halogens is 2. The molecule has 2 aromatic carbocycles. The van der Waals surface area contributed by atoms with Crippen LogP contribution in [0.4, 0.5) is 0 Å². The summed E-state index contributed by atoms with van der Waals surface area (Å²) in [6, 6.07) is 13.5. The minimum atomic E-state index is -0.598. The molecule has 0 spiro atoms. The number of hydrogen-bond donors (Lipinski definition) is 2. The monoisotopic (exact) mass is 439 g/mol. The Bertz CT molecular complexity index is 815. The molecular weight excluding hydrogens is 413 g/mol. The molecule has 158 valence electrons. The van der Waals surface area contributed by atoms with Crippen molar-refractivity contribution in [2.24, 2.45) is 0 Å². The minimum Gasteiger partial charge on any atom is -0.482 e. The molecule has 3 rings (SSSR count). The molecule has 2 N–H and O–H groups in total. The molecule has 7 heteroatoms. The van der Waals surface area contributed by atoms with Gasteiger partial charge in [0.15, 0.2) is 6.61 Å². The van der Waals surface area contributed by atoms with Crippen molar-refractivity contribution in [3.8, 4) is 5.75 Å². The normalized spacial score (nSPS) is 16.3. The van der Waals surface area contributed by atoms with Crippen LogP contribution in [0.3, 0.4) is 0 Å². The van der Waals surface area contributed by atoms with Gasteiger partial charge in [0.25, 0.3) is 0 Å². The third-order valence-electron chi connectivity index (χ3n) is 4.90. The topological polar surface area (TPSA) is 67.8 Å². The van der Waals surface area contributed by atoms with Gasteiger partial charge in [0.1, 0.15) is 5.75 Å². The molecule has 1 aliphatic rings. The summed E-state index contributed by atoms with van der Waals surface area (Å²) in [6.45, 7) is 2.51. The van der Waals surface area contributed by atoms with Crippen molar-refractivity contribution in [2.45, 2.75) is 38.3 Å². The summed E-state index contributed by atoms with van der Waals surface area (Å²) >= 11 is 6.00. The Labute approximate surface area is 182 Å². The van der Waals surface area contributed by atoms with Crippen molar-refractivity contribution in [1.29, 1.82) is 0 Å². The second-order valence-electron chi connectivity index (χ2n) is 6.94. The second kappa shape index (κ2) is 11.4. The zero-order chi connectivity index (χ0) is 19.9. The molecule has 1 aliphatic carbocycles. The van der Waals surface area contributed by atoms with E-state index in [0.29, 0.717) is 23.9 Å². The number of aliphatic hydroxyl groups excluding tert-OH is 1. The van der Waals surface area contributed by atoms with Gasteiger partial charge in [0, 0.05) is 17.6 Å². The van der Waals surface area contributed by atoms with Crippen LogP contribution in [0.5, 0.6) is 5.75 Å². The zero-order valence-electron chi connectivity index (χ0n) is 16.4. The first kappa shape index (κ1) is 23.5. The van der Waals surface area contributed by atoms with Gasteiger partial charge in [-0.25, -0.2) is 4.79 Å². The van der Waals surface area contributed by atoms with Gasteiger partial charge >= 0.3 is 5.97 Å². The van der Waals surface area contributed by atoms with E-state index < -0.39 is 6.10 Å². The van der Waals surface area contributed by atoms with Crippen LogP contribution in [0.1, 0.15) is 36.1 Å². The van der Waals surface area contributed by atoms with E-state index in [1.54, 1.807) is 19.1 Å². The number of esters is 1. The van der Waals surface area contributed by atoms with Crippen LogP contribution in [0.15, 0.2) is 42.5 Å². The van der Waals surface area contributed by atoms with Crippen molar-refractivity contribution in [3.63, 3.8) is 0 Å². The van der Waals surface area contributed by atoms with Gasteiger partial charge in [0.2, 0.25) is 0 Å². The van der Waals surface area contributed by atoms with Gasteiger partial charge < -0.3 is 19.9 Å². The van der Waals surface area contributed by atoms with Gasteiger partial charge in [-0.3, -0.25) is 0 Å². The highest BCUT2D eigenvalue weighted by Crippen LogP contribution is 2.26. The fraction of sp³-hybridized carbons (Fsp3) is 0.409. The molecule has 2 atom stereocenters. The fourth-order valence-electron chi connectivity index (χ4n) is 3.45. The number of hydrogen-bond acceptors (Lipinski definition) is 5. The molecule has 0 amide bonds. The number of benzene rings is 2. The predicted octanol–water partition coefficient (Wildman–Crippen LogP) is 3.88. The molecule has 0 saturated heterocycles. The van der Waals surface area contributed by atoms with E-state index in [1.807, 2.05) is 24.3 Å². The maximum absolute atomic E-state index is 11.5. The molecule has 0 radical (unpaired) electrons. The summed E-state index contributed by atoms with van der Waals surface area (Å²) in [4.78, 5) is 11.5. The van der Waals surface area contributed by atoms with E-state index in [-0.39, 0.29) is 31.0 Å². The standard InChI is InChI=1S/C22H26ClNO4.ClH/c1-2-27-22(26)14-28-20-9-7-15-6-8-19(11-17(15)12-20)24-13-21(25)16-4-3-5-18(23)10-16;/h3-5,7,9-10,12,19,21,24-25H,2,6,8,11,13-14H2,1H3;1H/t19-,21+;/m1./s1. The highest BCUT2D eigenvalue weighted by Gasteiger charge is 2.20. The highest BCUT2D eigenvalue weighted by molar-refractivity contribution is 6.30. The van der Waals surface area contributed by atoms with Crippen LogP contribution in [0, 0.1) is 0 Å². The summed E-state index contributed by atoms with van der Waals surface area (Å²) in [6.07, 6.45) is 2.24. The van der Waals surface area contributed by atoms with Gasteiger partial charge in [-0.15, -0.1) is 12.4 Å². The Balaban J connectivity index is 0.00000300. The first-order valence-corrected chi connectivity index (χ1v) is 10.00. The molecule has 0 aliphatic heterocycles. The van der Waals surface area contributed by atoms with E-state index in [2.05, 4.69) is 11.4 Å². The number of ether oxygens (including phenoxy) is 2. The first-order valence-electron chi connectivity index (χ1n) is 9.62. The largest absolute Gasteiger partial charge is 0.482 e. The SMILES string of the molecule is CCOC(=O)COc1ccc2c(c1)C[C@H](NC[C@H](O)c1cccc(Cl)c1)CC2.Cl. The van der Waals surface area contributed by atoms with E-state index in [0.717, 1.165) is 24.8 Å². The predicted molar refractivity (Wildman–Crippen MR) is 116 cm³/mol. The first-order chi connectivity index (χ1) is 13.5. The third-order valence-corrected chi connectivity index (χ3v) is 5.14. The third kappa shape index (κ3) is 6.89. The molecule has 5 nitrogen and oxygen atoms in total. The number of nitrogens with one attached hydrogen (secondary N) is 1. The summed E-state index contributed by atoms with van der Waals surface area (Å²) in [5, 5.41) is 14.5. The summed E-state index contributed by atoms with van der Waals surface area (Å²) < 4.78 is 10.4. The Hall–Kier alpha value is -1.79. The van der Waals surface area contributed by atoms with Crippen LogP contribution >= 0.6 is 24.0 Å². The maximum atomic E-state index is 11.5. The van der Waals surface area contributed by atoms with Gasteiger partial charge in [-0.2, -0.15) is 0 Å². The smallest absolute Gasteiger partial charge is 0.344 e. The molecule has 0 bridgehead atoms. The number of carbonyl (C=O) groups is 1. The van der Waals surface area contributed by atoms with Crippen molar-refractivity contribution in [2.75, 3.05) is 19.8 Å². The maximum Gasteiger partial charge on any atom is 0.344 e. The van der Waals surface area contributed by atoms with Gasteiger partial charge in [0.05, 0.1) is 12.7 Å².